The summed E-state index contributed by atoms with van der Waals surface area (Å²) in [4.78, 5) is 34.5. The Morgan fingerprint density at radius 2 is 1.73 bits per heavy atom. The maximum Gasteiger partial charge on any atom is 0.293 e. The van der Waals surface area contributed by atoms with Gasteiger partial charge in [0.25, 0.3) is 21.6 Å². The van der Waals surface area contributed by atoms with Crippen molar-refractivity contribution in [1.29, 1.82) is 0 Å². The van der Waals surface area contributed by atoms with Gasteiger partial charge < -0.3 is 24.7 Å². The number of ether oxygens (including phenoxy) is 2. The fourth-order valence-corrected chi connectivity index (χ4v) is 9.27. The lowest BCUT2D eigenvalue weighted by Gasteiger charge is -2.29. The molecule has 4 heterocycles. The normalized spacial score (nSPS) is 17.7. The first-order valence-corrected chi connectivity index (χ1v) is 21.6. The topological polar surface area (TPSA) is 169 Å². The second-order valence-electron chi connectivity index (χ2n) is 15.7. The van der Waals surface area contributed by atoms with Gasteiger partial charge in [-0.3, -0.25) is 14.9 Å². The van der Waals surface area contributed by atoms with Crippen molar-refractivity contribution in [2.75, 3.05) is 36.5 Å². The summed E-state index contributed by atoms with van der Waals surface area (Å²) >= 11 is 0. The minimum atomic E-state index is -4.64. The zero-order chi connectivity index (χ0) is 41.4. The second kappa shape index (κ2) is 16.0. The number of alkyl halides is 1. The molecule has 308 valence electrons. The number of carbonyl (C=O) groups is 1. The first kappa shape index (κ1) is 39.2. The molecular weight excluding hydrogens is 788 g/mol. The lowest BCUT2D eigenvalue weighted by molar-refractivity contribution is -0.384. The summed E-state index contributed by atoms with van der Waals surface area (Å²) < 4.78 is 56.0. The Morgan fingerprint density at radius 1 is 0.967 bits per heavy atom. The molecule has 2 aromatic heterocycles. The third-order valence-corrected chi connectivity index (χ3v) is 13.0. The van der Waals surface area contributed by atoms with Crippen LogP contribution in [-0.2, 0) is 14.8 Å². The molecule has 1 aliphatic carbocycles. The van der Waals surface area contributed by atoms with Crippen LogP contribution in [0.1, 0.15) is 72.0 Å². The fraction of sp³-hybridized carbons (Fsp3) is 0.289. The molecule has 15 heteroatoms. The summed E-state index contributed by atoms with van der Waals surface area (Å²) in [5, 5.41) is 15.6. The van der Waals surface area contributed by atoms with E-state index in [1.54, 1.807) is 24.4 Å². The number of aromatic amines is 1. The van der Waals surface area contributed by atoms with Gasteiger partial charge in [-0.1, -0.05) is 42.5 Å². The molecule has 3 N–H and O–H groups in total. The molecule has 2 saturated heterocycles. The van der Waals surface area contributed by atoms with E-state index in [-0.39, 0.29) is 49.6 Å². The highest BCUT2D eigenvalue weighted by Gasteiger charge is 2.35. The third kappa shape index (κ3) is 8.14. The monoisotopic (exact) mass is 830 g/mol. The van der Waals surface area contributed by atoms with Crippen molar-refractivity contribution < 1.29 is 32.0 Å². The quantitative estimate of drug-likeness (QED) is 0.0754. The van der Waals surface area contributed by atoms with Crippen molar-refractivity contribution in [3.63, 3.8) is 0 Å². The van der Waals surface area contributed by atoms with Crippen LogP contribution in [0.3, 0.4) is 0 Å². The molecule has 0 radical (unpaired) electrons. The number of hydrogen-bond acceptors (Lipinski definition) is 10. The van der Waals surface area contributed by atoms with Crippen LogP contribution in [0.2, 0.25) is 0 Å². The Hall–Kier alpha value is -6.32. The highest BCUT2D eigenvalue weighted by Crippen LogP contribution is 2.46. The van der Waals surface area contributed by atoms with Crippen LogP contribution in [0.5, 0.6) is 11.5 Å². The zero-order valence-electron chi connectivity index (χ0n) is 32.6. The van der Waals surface area contributed by atoms with Crippen molar-refractivity contribution in [2.45, 2.75) is 61.0 Å². The van der Waals surface area contributed by atoms with Gasteiger partial charge in [-0.25, -0.2) is 22.5 Å². The number of hydrogen-bond donors (Lipinski definition) is 3. The van der Waals surface area contributed by atoms with Crippen LogP contribution >= 0.6 is 0 Å². The number of fused-ring (bicyclic) bond motifs is 1. The van der Waals surface area contributed by atoms with E-state index in [4.69, 9.17) is 9.47 Å². The van der Waals surface area contributed by atoms with E-state index >= 15 is 4.39 Å². The molecule has 9 rings (SSSR count). The van der Waals surface area contributed by atoms with Crippen molar-refractivity contribution in [1.82, 2.24) is 14.7 Å². The number of nitrogens with zero attached hydrogens (tertiary/aromatic N) is 3. The van der Waals surface area contributed by atoms with E-state index in [1.807, 2.05) is 18.2 Å². The number of H-pyrrole nitrogens is 1. The molecular formula is C45H43FN6O7S. The molecule has 0 bridgehead atoms. The minimum absolute atomic E-state index is 0.0553. The molecule has 13 nitrogen and oxygen atoms in total. The molecule has 60 heavy (non-hydrogen) atoms. The highest BCUT2D eigenvalue weighted by molar-refractivity contribution is 7.90. The van der Waals surface area contributed by atoms with Gasteiger partial charge in [0.15, 0.2) is 0 Å². The third-order valence-electron chi connectivity index (χ3n) is 11.7. The average molecular weight is 831 g/mol. The molecule has 3 aliphatic rings. The Bertz CT molecular complexity index is 2700. The van der Waals surface area contributed by atoms with Crippen LogP contribution in [-0.4, -0.2) is 61.2 Å². The lowest BCUT2D eigenvalue weighted by Crippen LogP contribution is -2.38. The zero-order valence-corrected chi connectivity index (χ0v) is 33.4. The van der Waals surface area contributed by atoms with Gasteiger partial charge in [-0.15, -0.1) is 0 Å². The van der Waals surface area contributed by atoms with E-state index < -0.39 is 37.1 Å². The molecule has 6 aromatic rings. The average Bonchev–Trinajstić information content (AvgIpc) is 3.79. The number of benzene rings is 4. The number of carbonyl (C=O) groups excluding carboxylic acids is 1. The van der Waals surface area contributed by atoms with Crippen molar-refractivity contribution in [3.8, 4) is 22.6 Å². The predicted octanol–water partition coefficient (Wildman–Crippen LogP) is 9.20. The molecule has 1 atom stereocenters. The summed E-state index contributed by atoms with van der Waals surface area (Å²) in [6.07, 6.45) is 8.16. The first-order chi connectivity index (χ1) is 29.0. The molecule has 3 fully saturated rings. The first-order valence-electron chi connectivity index (χ1n) is 20.1. The number of rotatable bonds is 13. The summed E-state index contributed by atoms with van der Waals surface area (Å²) in [6.45, 7) is 1.20. The van der Waals surface area contributed by atoms with Gasteiger partial charge >= 0.3 is 0 Å². The van der Waals surface area contributed by atoms with E-state index in [9.17, 15) is 23.3 Å². The van der Waals surface area contributed by atoms with Crippen LogP contribution in [0.15, 0.2) is 114 Å². The lowest BCUT2D eigenvalue weighted by atomic mass is 9.95. The molecule has 1 amide bonds. The summed E-state index contributed by atoms with van der Waals surface area (Å²) in [5.74, 6) is 0.0188. The Labute approximate surface area is 346 Å². The minimum Gasteiger partial charge on any atom is -0.455 e. The van der Waals surface area contributed by atoms with E-state index in [0.29, 0.717) is 23.4 Å². The molecule has 0 unspecified atom stereocenters. The summed E-state index contributed by atoms with van der Waals surface area (Å²) in [5.41, 5.74) is 3.84. The Balaban J connectivity index is 0.981. The summed E-state index contributed by atoms with van der Waals surface area (Å²) in [6, 6.07) is 29.0. The van der Waals surface area contributed by atoms with Crippen LogP contribution < -0.4 is 19.7 Å². The maximum absolute atomic E-state index is 15.2. The number of nitrogens with one attached hydrogen (secondary N) is 3. The SMILES string of the molecule is O=C(NS(=O)(=O)c1ccc(NCC2(F)CCOCC2)c([N+](=O)[O-])c1)c1ccc(-c2ccc(N3CCC[C@H]3c3ccccc3C3CC3)cc2)cc1Oc1cnc2[nH]ccc2c1. The van der Waals surface area contributed by atoms with Gasteiger partial charge in [0.1, 0.15) is 28.5 Å². The van der Waals surface area contributed by atoms with Crippen LogP contribution in [0, 0.1) is 10.1 Å². The van der Waals surface area contributed by atoms with Gasteiger partial charge in [0.2, 0.25) is 0 Å². The molecule has 2 aliphatic heterocycles. The Morgan fingerprint density at radius 3 is 2.50 bits per heavy atom. The number of nitro groups is 1. The number of sulfonamides is 1. The van der Waals surface area contributed by atoms with Crippen LogP contribution in [0.4, 0.5) is 21.5 Å². The molecule has 4 aromatic carbocycles. The number of pyridine rings is 1. The van der Waals surface area contributed by atoms with Crippen LogP contribution in [0.25, 0.3) is 22.2 Å². The van der Waals surface area contributed by atoms with E-state index in [2.05, 4.69) is 61.3 Å². The molecule has 0 spiro atoms. The standard InChI is InChI=1S/C45H43FN6O7S/c46-45(18-22-58-23-19-45)28-49-39-16-14-35(26-41(39)52(54)55)60(56,57)50-44(53)38-15-11-31(25-42(38)59-34-24-32-17-20-47-43(32)48-27-34)29-9-12-33(13-10-29)51-21-3-6-40(51)37-5-2-1-4-36(37)30-7-8-30/h1-2,4-5,9-17,20,24-27,30,40,49H,3,6-8,18-19,21-23,28H2,(H,47,48)(H,50,53)/t40-/m0/s1. The van der Waals surface area contributed by atoms with Crippen molar-refractivity contribution in [2.24, 2.45) is 0 Å². The second-order valence-corrected chi connectivity index (χ2v) is 17.4. The Kier molecular flexibility index (Phi) is 10.5. The van der Waals surface area contributed by atoms with Gasteiger partial charge in [-0.05, 0) is 102 Å². The largest absolute Gasteiger partial charge is 0.455 e. The van der Waals surface area contributed by atoms with Gasteiger partial charge in [0.05, 0.1) is 27.6 Å². The number of amides is 1. The van der Waals surface area contributed by atoms with Gasteiger partial charge in [0, 0.05) is 62.5 Å². The van der Waals surface area contributed by atoms with Gasteiger partial charge in [-0.2, -0.15) is 0 Å². The summed E-state index contributed by atoms with van der Waals surface area (Å²) in [7, 11) is -4.64. The van der Waals surface area contributed by atoms with E-state index in [0.717, 1.165) is 53.7 Å². The van der Waals surface area contributed by atoms with Crippen molar-refractivity contribution in [3.05, 3.63) is 136 Å². The number of anilines is 2. The highest BCUT2D eigenvalue weighted by atomic mass is 32.2. The molecule has 1 saturated carbocycles. The number of halogens is 1. The fourth-order valence-electron chi connectivity index (χ4n) is 8.28. The van der Waals surface area contributed by atoms with E-state index in [1.165, 1.54) is 42.3 Å². The number of nitro benzene ring substituents is 1. The van der Waals surface area contributed by atoms with Crippen molar-refractivity contribution >= 4 is 44.0 Å². The predicted molar refractivity (Wildman–Crippen MR) is 226 cm³/mol. The smallest absolute Gasteiger partial charge is 0.293 e. The maximum atomic E-state index is 15.2. The number of aromatic nitrogens is 2.